The Balaban J connectivity index is 1.42. The summed E-state index contributed by atoms with van der Waals surface area (Å²) >= 11 is 12.8. The van der Waals surface area contributed by atoms with Crippen LogP contribution in [-0.4, -0.2) is 142 Å². The Kier molecular flexibility index (Phi) is 19.6. The van der Waals surface area contributed by atoms with Crippen LogP contribution in [0.5, 0.6) is 11.5 Å². The first-order valence-electron chi connectivity index (χ1n) is 23.9. The molecule has 5 amide bonds. The summed E-state index contributed by atoms with van der Waals surface area (Å²) in [6.45, 7) is 1.75. The summed E-state index contributed by atoms with van der Waals surface area (Å²) in [5, 5.41) is 16.9. The Morgan fingerprint density at radius 2 is 1.51 bits per heavy atom. The van der Waals surface area contributed by atoms with Gasteiger partial charge in [-0.2, -0.15) is 0 Å². The Hall–Kier alpha value is -6.79. The van der Waals surface area contributed by atoms with Gasteiger partial charge in [0, 0.05) is 80.9 Å². The molecule has 5 atom stereocenters. The van der Waals surface area contributed by atoms with Crippen LogP contribution in [0.1, 0.15) is 48.7 Å². The highest BCUT2D eigenvalue weighted by atomic mass is 35.5. The number of nitrogens with one attached hydrogen (secondary N) is 2. The molecule has 1 aliphatic rings. The van der Waals surface area contributed by atoms with Gasteiger partial charge in [-0.05, 0) is 93.5 Å². The molecule has 0 saturated carbocycles. The molecule has 19 heteroatoms. The van der Waals surface area contributed by atoms with Crippen molar-refractivity contribution in [3.63, 3.8) is 0 Å². The molecule has 0 bridgehead atoms. The summed E-state index contributed by atoms with van der Waals surface area (Å²) in [6.07, 6.45) is 0.648. The van der Waals surface area contributed by atoms with Gasteiger partial charge >= 0.3 is 5.97 Å². The predicted molar refractivity (Wildman–Crippen MR) is 278 cm³/mol. The van der Waals surface area contributed by atoms with Crippen LogP contribution in [-0.2, 0) is 66.5 Å². The zero-order valence-corrected chi connectivity index (χ0v) is 43.7. The number of hydrogen-bond donors (Lipinski definition) is 3. The van der Waals surface area contributed by atoms with Crippen molar-refractivity contribution in [1.29, 1.82) is 0 Å². The standard InChI is InChI=1S/C54H64Cl2N8O9/c1-34-29-58-49(65)27-42(24-36-13-18-40(55)19-14-36)62(5)54(71)44(33-72-7)59-52(69)45(28-51(67)68)64(50(66)25-39(53(70)61(34)4)23-35-11-9-8-10-12-35)31-38-15-20-41(56)26-47(38)73-43-21-16-37(17-22-43)46-30-57-48(63(46)6)32-60(2)3/h8-22,26,30,34,39,42,44-45H,23-25,27-29,31-33H2,1-7H3,(H,58,65)(H,59,69)(H,67,68)/t34-,39+,42-,44-,45-/m0/s1. The highest BCUT2D eigenvalue weighted by Gasteiger charge is 2.39. The topological polar surface area (TPSA) is 196 Å². The normalized spacial score (nSPS) is 19.9. The number of carbonyl (C=O) groups excluding carboxylic acids is 5. The van der Waals surface area contributed by atoms with Gasteiger partial charge in [0.15, 0.2) is 0 Å². The maximum atomic E-state index is 15.2. The molecule has 73 heavy (non-hydrogen) atoms. The van der Waals surface area contributed by atoms with Crippen LogP contribution in [0.15, 0.2) is 103 Å². The number of imidazole rings is 1. The minimum absolute atomic E-state index is 0.0523. The van der Waals surface area contributed by atoms with Crippen molar-refractivity contribution in [2.75, 3.05) is 48.5 Å². The summed E-state index contributed by atoms with van der Waals surface area (Å²) in [4.78, 5) is 96.5. The highest BCUT2D eigenvalue weighted by molar-refractivity contribution is 6.31. The van der Waals surface area contributed by atoms with Crippen LogP contribution in [0.25, 0.3) is 11.3 Å². The number of carbonyl (C=O) groups is 6. The Labute approximate surface area is 436 Å². The van der Waals surface area contributed by atoms with Gasteiger partial charge in [0.25, 0.3) is 0 Å². The number of ether oxygens (including phenoxy) is 2. The molecular weight excluding hydrogens is 976 g/mol. The van der Waals surface area contributed by atoms with Crippen LogP contribution < -0.4 is 15.4 Å². The van der Waals surface area contributed by atoms with E-state index in [0.29, 0.717) is 27.9 Å². The van der Waals surface area contributed by atoms with E-state index in [4.69, 9.17) is 32.7 Å². The number of carboxylic acid groups (broad SMARTS) is 1. The second-order valence-electron chi connectivity index (χ2n) is 18.7. The summed E-state index contributed by atoms with van der Waals surface area (Å²) in [5.41, 5.74) is 3.66. The number of carboxylic acids is 1. The lowest BCUT2D eigenvalue weighted by Crippen LogP contribution is -2.58. The molecule has 2 heterocycles. The van der Waals surface area contributed by atoms with Crippen LogP contribution in [0.3, 0.4) is 0 Å². The fourth-order valence-corrected chi connectivity index (χ4v) is 9.01. The maximum Gasteiger partial charge on any atom is 0.305 e. The number of likely N-dealkylation sites (N-methyl/N-ethyl adjacent to an activating group) is 2. The molecule has 4 aromatic carbocycles. The number of benzene rings is 4. The smallest absolute Gasteiger partial charge is 0.305 e. The molecule has 6 rings (SSSR count). The summed E-state index contributed by atoms with van der Waals surface area (Å²) in [5.74, 6) is -4.05. The van der Waals surface area contributed by atoms with Crippen molar-refractivity contribution in [3.8, 4) is 22.8 Å². The lowest BCUT2D eigenvalue weighted by atomic mass is 9.93. The molecule has 1 aromatic heterocycles. The van der Waals surface area contributed by atoms with Crippen LogP contribution in [0, 0.1) is 5.92 Å². The van der Waals surface area contributed by atoms with Crippen molar-refractivity contribution in [2.24, 2.45) is 13.0 Å². The third-order valence-corrected chi connectivity index (χ3v) is 13.5. The zero-order valence-electron chi connectivity index (χ0n) is 42.2. The monoisotopic (exact) mass is 1040 g/mol. The van der Waals surface area contributed by atoms with Gasteiger partial charge in [0.1, 0.15) is 29.4 Å². The Morgan fingerprint density at radius 1 is 0.836 bits per heavy atom. The van der Waals surface area contributed by atoms with Gasteiger partial charge in [0.2, 0.25) is 29.5 Å². The van der Waals surface area contributed by atoms with E-state index in [2.05, 4.69) is 15.6 Å². The molecule has 0 aliphatic carbocycles. The SMILES string of the molecule is COC[C@@H]1NC(=O)[C@H](CC(=O)O)N(Cc2ccc(Cl)cc2Oc2ccc(-c3cnc(CN(C)C)n3C)cc2)C(=O)C[C@@H](Cc2ccccc2)C(=O)N(C)[C@@H](C)CNC(=O)C[C@H](Cc2ccc(Cl)cc2)N(C)C1=O. The maximum absolute atomic E-state index is 15.2. The van der Waals surface area contributed by atoms with Gasteiger partial charge in [-0.25, -0.2) is 4.98 Å². The minimum atomic E-state index is -1.74. The number of methoxy groups -OCH3 is 1. The van der Waals surface area contributed by atoms with E-state index in [0.717, 1.165) is 33.1 Å². The number of nitrogens with zero attached hydrogens (tertiary/aromatic N) is 6. The molecule has 17 nitrogen and oxygen atoms in total. The van der Waals surface area contributed by atoms with E-state index < -0.39 is 78.4 Å². The zero-order chi connectivity index (χ0) is 52.9. The van der Waals surface area contributed by atoms with E-state index in [9.17, 15) is 29.1 Å². The fraction of sp³-hybridized carbons (Fsp3) is 0.389. The van der Waals surface area contributed by atoms with Crippen LogP contribution in [0.2, 0.25) is 10.0 Å². The predicted octanol–water partition coefficient (Wildman–Crippen LogP) is 6.24. The van der Waals surface area contributed by atoms with Crippen molar-refractivity contribution in [1.82, 2.24) is 39.8 Å². The summed E-state index contributed by atoms with van der Waals surface area (Å²) in [6, 6.07) is 23.7. The number of halogens is 2. The van der Waals surface area contributed by atoms with Crippen molar-refractivity contribution in [3.05, 3.63) is 136 Å². The van der Waals surface area contributed by atoms with Gasteiger partial charge in [-0.15, -0.1) is 0 Å². The quantitative estimate of drug-likeness (QED) is 0.108. The Bertz CT molecular complexity index is 2720. The first-order valence-corrected chi connectivity index (χ1v) is 24.7. The molecule has 1 fully saturated rings. The van der Waals surface area contributed by atoms with Crippen LogP contribution in [0.4, 0.5) is 0 Å². The second kappa shape index (κ2) is 25.7. The van der Waals surface area contributed by atoms with E-state index in [1.807, 2.05) is 73.1 Å². The second-order valence-corrected chi connectivity index (χ2v) is 19.6. The molecule has 0 unspecified atom stereocenters. The van der Waals surface area contributed by atoms with Crippen molar-refractivity contribution in [2.45, 2.75) is 76.3 Å². The summed E-state index contributed by atoms with van der Waals surface area (Å²) in [7, 11) is 10.3. The number of hydrogen-bond acceptors (Lipinski definition) is 10. The number of amides is 5. The first-order chi connectivity index (χ1) is 34.8. The van der Waals surface area contributed by atoms with E-state index >= 15 is 4.79 Å². The average Bonchev–Trinajstić information content (AvgIpc) is 3.72. The molecule has 388 valence electrons. The number of aliphatic carboxylic acids is 1. The van der Waals surface area contributed by atoms with Gasteiger partial charge < -0.3 is 49.4 Å². The molecule has 0 spiro atoms. The number of rotatable bonds is 15. The fourth-order valence-electron chi connectivity index (χ4n) is 8.72. The van der Waals surface area contributed by atoms with Gasteiger partial charge in [0.05, 0.1) is 43.9 Å². The molecule has 0 radical (unpaired) electrons. The largest absolute Gasteiger partial charge is 0.481 e. The van der Waals surface area contributed by atoms with Crippen molar-refractivity contribution >= 4 is 58.7 Å². The molecule has 5 aromatic rings. The van der Waals surface area contributed by atoms with E-state index in [1.165, 1.54) is 24.0 Å². The molecule has 1 saturated heterocycles. The van der Waals surface area contributed by atoms with Crippen LogP contribution >= 0.6 is 23.2 Å². The van der Waals surface area contributed by atoms with E-state index in [-0.39, 0.29) is 44.7 Å². The molecular formula is C54H64Cl2N8O9. The highest BCUT2D eigenvalue weighted by Crippen LogP contribution is 2.33. The lowest BCUT2D eigenvalue weighted by Gasteiger charge is -2.35. The third-order valence-electron chi connectivity index (χ3n) is 13.0. The first kappa shape index (κ1) is 55.5. The van der Waals surface area contributed by atoms with Gasteiger partial charge in [-0.3, -0.25) is 28.8 Å². The van der Waals surface area contributed by atoms with Crippen molar-refractivity contribution < 1.29 is 43.3 Å². The third kappa shape index (κ3) is 15.1. The molecule has 1 aliphatic heterocycles. The Morgan fingerprint density at radius 3 is 2.16 bits per heavy atom. The number of aromatic nitrogens is 2. The average molecular weight is 1040 g/mol. The molecule has 3 N–H and O–H groups in total. The minimum Gasteiger partial charge on any atom is -0.481 e. The van der Waals surface area contributed by atoms with Gasteiger partial charge in [-0.1, -0.05) is 71.7 Å². The lowest BCUT2D eigenvalue weighted by molar-refractivity contribution is -0.150. The summed E-state index contributed by atoms with van der Waals surface area (Å²) < 4.78 is 13.9. The van der Waals surface area contributed by atoms with E-state index in [1.54, 1.807) is 74.8 Å².